The third kappa shape index (κ3) is 3.53. The molecule has 0 bridgehead atoms. The van der Waals surface area contributed by atoms with Crippen LogP contribution in [0.25, 0.3) is 10.6 Å². The fourth-order valence-electron chi connectivity index (χ4n) is 3.20. The van der Waals surface area contributed by atoms with Crippen LogP contribution in [0.3, 0.4) is 0 Å². The first-order valence-electron chi connectivity index (χ1n) is 9.15. The highest BCUT2D eigenvalue weighted by Crippen LogP contribution is 2.39. The lowest BCUT2D eigenvalue weighted by atomic mass is 9.85. The summed E-state index contributed by atoms with van der Waals surface area (Å²) in [6.07, 6.45) is 5.90. The van der Waals surface area contributed by atoms with Crippen molar-refractivity contribution < 1.29 is 12.8 Å². The number of para-hydroxylation sites is 1. The second-order valence-corrected chi connectivity index (χ2v) is 9.87. The SMILES string of the molecule is CCc1cccc(C)c1NS(=O)(=O)c1ccc(-c2cnc(C3CCC3)o2)s1. The number of anilines is 1. The Kier molecular flexibility index (Phi) is 4.82. The van der Waals surface area contributed by atoms with E-state index in [4.69, 9.17) is 4.42 Å². The summed E-state index contributed by atoms with van der Waals surface area (Å²) in [5.74, 6) is 1.81. The van der Waals surface area contributed by atoms with Gasteiger partial charge in [0.25, 0.3) is 10.0 Å². The number of hydrogen-bond acceptors (Lipinski definition) is 5. The molecule has 1 aromatic carbocycles. The quantitative estimate of drug-likeness (QED) is 0.604. The third-order valence-electron chi connectivity index (χ3n) is 5.04. The zero-order valence-electron chi connectivity index (χ0n) is 15.4. The maximum absolute atomic E-state index is 12.9. The van der Waals surface area contributed by atoms with Crippen LogP contribution in [0.2, 0.25) is 0 Å². The molecule has 5 nitrogen and oxygen atoms in total. The molecule has 0 spiro atoms. The predicted molar refractivity (Wildman–Crippen MR) is 108 cm³/mol. The molecular weight excluding hydrogens is 380 g/mol. The highest BCUT2D eigenvalue weighted by molar-refractivity contribution is 7.94. The summed E-state index contributed by atoms with van der Waals surface area (Å²) < 4.78 is 34.7. The first kappa shape index (κ1) is 18.3. The normalized spacial score (nSPS) is 14.9. The summed E-state index contributed by atoms with van der Waals surface area (Å²) >= 11 is 1.20. The third-order valence-corrected chi connectivity index (χ3v) is 7.98. The van der Waals surface area contributed by atoms with E-state index < -0.39 is 10.0 Å². The van der Waals surface area contributed by atoms with E-state index in [-0.39, 0.29) is 4.21 Å². The zero-order valence-corrected chi connectivity index (χ0v) is 17.0. The lowest BCUT2D eigenvalue weighted by Crippen LogP contribution is -2.13. The van der Waals surface area contributed by atoms with Gasteiger partial charge < -0.3 is 4.42 Å². The van der Waals surface area contributed by atoms with Crippen molar-refractivity contribution in [2.75, 3.05) is 4.72 Å². The standard InChI is InChI=1S/C20H22N2O3S2/c1-3-14-7-4-6-13(2)19(14)22-27(23,24)18-11-10-17(26-18)16-12-21-20(25-16)15-8-5-9-15/h4,6-7,10-12,15,22H,3,5,8-9H2,1-2H3. The van der Waals surface area contributed by atoms with Crippen molar-refractivity contribution in [1.29, 1.82) is 0 Å². The summed E-state index contributed by atoms with van der Waals surface area (Å²) in [6.45, 7) is 3.92. The van der Waals surface area contributed by atoms with Crippen LogP contribution in [0.1, 0.15) is 49.1 Å². The molecular formula is C20H22N2O3S2. The molecule has 27 heavy (non-hydrogen) atoms. The van der Waals surface area contributed by atoms with Crippen molar-refractivity contribution in [3.05, 3.63) is 53.5 Å². The molecule has 0 amide bonds. The molecule has 1 saturated carbocycles. The Labute approximate surface area is 163 Å². The Morgan fingerprint density at radius 3 is 2.78 bits per heavy atom. The molecule has 0 radical (unpaired) electrons. The second kappa shape index (κ2) is 7.13. The molecule has 2 aromatic heterocycles. The van der Waals surface area contributed by atoms with Crippen LogP contribution in [0.15, 0.2) is 45.2 Å². The number of aromatic nitrogens is 1. The fourth-order valence-corrected chi connectivity index (χ4v) is 5.62. The largest absolute Gasteiger partial charge is 0.440 e. The molecule has 1 aliphatic rings. The number of thiophene rings is 1. The average molecular weight is 403 g/mol. The lowest BCUT2D eigenvalue weighted by molar-refractivity contribution is 0.338. The van der Waals surface area contributed by atoms with E-state index in [9.17, 15) is 8.42 Å². The topological polar surface area (TPSA) is 72.2 Å². The molecule has 1 aliphatic carbocycles. The molecule has 4 rings (SSSR count). The molecule has 3 aromatic rings. The molecule has 0 aliphatic heterocycles. The fraction of sp³-hybridized carbons (Fsp3) is 0.350. The monoisotopic (exact) mass is 402 g/mol. The first-order chi connectivity index (χ1) is 13.0. The minimum atomic E-state index is -3.65. The van der Waals surface area contributed by atoms with Crippen molar-refractivity contribution in [2.45, 2.75) is 49.7 Å². The van der Waals surface area contributed by atoms with Gasteiger partial charge in [-0.2, -0.15) is 0 Å². The Balaban J connectivity index is 1.59. The van der Waals surface area contributed by atoms with Gasteiger partial charge in [0.15, 0.2) is 11.7 Å². The van der Waals surface area contributed by atoms with Crippen molar-refractivity contribution in [1.82, 2.24) is 4.98 Å². The Morgan fingerprint density at radius 1 is 1.26 bits per heavy atom. The number of benzene rings is 1. The second-order valence-electron chi connectivity index (χ2n) is 6.88. The number of hydrogen-bond donors (Lipinski definition) is 1. The number of nitrogens with zero attached hydrogens (tertiary/aromatic N) is 1. The van der Waals surface area contributed by atoms with Gasteiger partial charge in [0.1, 0.15) is 4.21 Å². The van der Waals surface area contributed by atoms with Crippen molar-refractivity contribution in [3.8, 4) is 10.6 Å². The average Bonchev–Trinajstić information content (AvgIpc) is 3.24. The van der Waals surface area contributed by atoms with E-state index in [1.807, 2.05) is 32.0 Å². The van der Waals surface area contributed by atoms with E-state index in [1.54, 1.807) is 18.3 Å². The maximum Gasteiger partial charge on any atom is 0.271 e. The highest BCUT2D eigenvalue weighted by atomic mass is 32.2. The van der Waals surface area contributed by atoms with E-state index in [0.717, 1.165) is 41.2 Å². The van der Waals surface area contributed by atoms with Gasteiger partial charge in [-0.25, -0.2) is 13.4 Å². The lowest BCUT2D eigenvalue weighted by Gasteiger charge is -2.21. The maximum atomic E-state index is 12.9. The van der Waals surface area contributed by atoms with E-state index in [1.165, 1.54) is 17.8 Å². The summed E-state index contributed by atoms with van der Waals surface area (Å²) in [4.78, 5) is 5.14. The highest BCUT2D eigenvalue weighted by Gasteiger charge is 2.25. The smallest absolute Gasteiger partial charge is 0.271 e. The van der Waals surface area contributed by atoms with Gasteiger partial charge in [-0.1, -0.05) is 31.5 Å². The van der Waals surface area contributed by atoms with E-state index in [2.05, 4.69) is 9.71 Å². The van der Waals surface area contributed by atoms with Gasteiger partial charge in [-0.15, -0.1) is 11.3 Å². The van der Waals surface area contributed by atoms with Crippen molar-refractivity contribution >= 4 is 27.0 Å². The molecule has 142 valence electrons. The van der Waals surface area contributed by atoms with Crippen LogP contribution in [0.5, 0.6) is 0 Å². The number of rotatable bonds is 6. The minimum absolute atomic E-state index is 0.268. The number of nitrogens with one attached hydrogen (secondary N) is 1. The van der Waals surface area contributed by atoms with E-state index >= 15 is 0 Å². The molecule has 1 fully saturated rings. The summed E-state index contributed by atoms with van der Waals surface area (Å²) in [7, 11) is -3.65. The van der Waals surface area contributed by atoms with Crippen molar-refractivity contribution in [2.24, 2.45) is 0 Å². The molecule has 1 N–H and O–H groups in total. The van der Waals surface area contributed by atoms with E-state index in [0.29, 0.717) is 17.4 Å². The van der Waals surface area contributed by atoms with Crippen LogP contribution in [-0.2, 0) is 16.4 Å². The van der Waals surface area contributed by atoms with Gasteiger partial charge in [-0.3, -0.25) is 4.72 Å². The zero-order chi connectivity index (χ0) is 19.0. The summed E-state index contributed by atoms with van der Waals surface area (Å²) in [5.41, 5.74) is 2.56. The Morgan fingerprint density at radius 2 is 2.07 bits per heavy atom. The van der Waals surface area contributed by atoms with Crippen LogP contribution in [-0.4, -0.2) is 13.4 Å². The van der Waals surface area contributed by atoms with Gasteiger partial charge >= 0.3 is 0 Å². The van der Waals surface area contributed by atoms with Gasteiger partial charge in [0.2, 0.25) is 0 Å². The Bertz CT molecular complexity index is 1060. The minimum Gasteiger partial charge on any atom is -0.440 e. The van der Waals surface area contributed by atoms with Crippen LogP contribution < -0.4 is 4.72 Å². The van der Waals surface area contributed by atoms with Crippen LogP contribution in [0.4, 0.5) is 5.69 Å². The molecule has 0 atom stereocenters. The van der Waals surface area contributed by atoms with Gasteiger partial charge in [-0.05, 0) is 49.4 Å². The molecule has 2 heterocycles. The molecule has 0 saturated heterocycles. The number of aryl methyl sites for hydroxylation is 2. The summed E-state index contributed by atoms with van der Waals surface area (Å²) in [5, 5.41) is 0. The van der Waals surface area contributed by atoms with Crippen LogP contribution in [0, 0.1) is 6.92 Å². The van der Waals surface area contributed by atoms with Gasteiger partial charge in [0, 0.05) is 5.92 Å². The molecule has 7 heteroatoms. The Hall–Kier alpha value is -2.12. The van der Waals surface area contributed by atoms with Crippen molar-refractivity contribution in [3.63, 3.8) is 0 Å². The predicted octanol–water partition coefficient (Wildman–Crippen LogP) is 5.34. The van der Waals surface area contributed by atoms with Gasteiger partial charge in [0.05, 0.1) is 16.8 Å². The summed E-state index contributed by atoms with van der Waals surface area (Å²) in [6, 6.07) is 9.20. The number of sulfonamides is 1. The molecule has 0 unspecified atom stereocenters. The first-order valence-corrected chi connectivity index (χ1v) is 11.4. The van der Waals surface area contributed by atoms with Crippen LogP contribution >= 0.6 is 11.3 Å². The number of oxazole rings is 1.